The van der Waals surface area contributed by atoms with Crippen molar-refractivity contribution in [1.29, 1.82) is 0 Å². The standard InChI is InChI=1S/C18H25N5/c1-12-8-9-14(10-13(12)2)21-18(19)20-11-17-15-6-4-5-7-16(15)22-23(17)3/h8-10H,4-7,11H2,1-3H3,(H3,19,20,21). The number of anilines is 1. The number of aryl methyl sites for hydroxylation is 4. The number of rotatable bonds is 3. The largest absolute Gasteiger partial charge is 0.370 e. The molecule has 2 aromatic rings. The number of aromatic nitrogens is 2. The molecule has 0 amide bonds. The third kappa shape index (κ3) is 3.38. The quantitative estimate of drug-likeness (QED) is 0.676. The van der Waals surface area contributed by atoms with E-state index in [1.807, 2.05) is 17.8 Å². The molecule has 5 nitrogen and oxygen atoms in total. The molecule has 0 atom stereocenters. The van der Waals surface area contributed by atoms with Crippen molar-refractivity contribution in [3.8, 4) is 0 Å². The Hall–Kier alpha value is -2.30. The molecule has 3 N–H and O–H groups in total. The first-order valence-corrected chi connectivity index (χ1v) is 8.22. The van der Waals surface area contributed by atoms with Crippen LogP contribution in [0.15, 0.2) is 23.2 Å². The Labute approximate surface area is 137 Å². The zero-order valence-electron chi connectivity index (χ0n) is 14.2. The van der Waals surface area contributed by atoms with Crippen LogP contribution in [-0.4, -0.2) is 15.7 Å². The van der Waals surface area contributed by atoms with Gasteiger partial charge in [0.15, 0.2) is 5.96 Å². The average Bonchev–Trinajstić information content (AvgIpc) is 2.84. The summed E-state index contributed by atoms with van der Waals surface area (Å²) in [5, 5.41) is 7.79. The zero-order valence-corrected chi connectivity index (χ0v) is 14.2. The maximum absolute atomic E-state index is 6.05. The molecule has 0 aliphatic heterocycles. The van der Waals surface area contributed by atoms with Gasteiger partial charge in [0, 0.05) is 12.7 Å². The predicted molar refractivity (Wildman–Crippen MR) is 94.7 cm³/mol. The van der Waals surface area contributed by atoms with Crippen LogP contribution >= 0.6 is 0 Å². The fraction of sp³-hybridized carbons (Fsp3) is 0.444. The molecule has 0 unspecified atom stereocenters. The number of benzene rings is 1. The first-order chi connectivity index (χ1) is 11.0. The molecule has 1 aliphatic carbocycles. The lowest BCUT2D eigenvalue weighted by atomic mass is 9.96. The monoisotopic (exact) mass is 311 g/mol. The van der Waals surface area contributed by atoms with Gasteiger partial charge in [-0.15, -0.1) is 0 Å². The van der Waals surface area contributed by atoms with Crippen LogP contribution in [0.4, 0.5) is 5.69 Å². The molecule has 1 aromatic carbocycles. The molecule has 5 heteroatoms. The normalized spacial score (nSPS) is 14.7. The molecule has 23 heavy (non-hydrogen) atoms. The lowest BCUT2D eigenvalue weighted by Crippen LogP contribution is -2.23. The Morgan fingerprint density at radius 3 is 2.83 bits per heavy atom. The van der Waals surface area contributed by atoms with Crippen molar-refractivity contribution in [2.45, 2.75) is 46.1 Å². The Morgan fingerprint density at radius 1 is 1.26 bits per heavy atom. The number of hydrogen-bond acceptors (Lipinski definition) is 2. The van der Waals surface area contributed by atoms with Crippen LogP contribution in [0, 0.1) is 13.8 Å². The highest BCUT2D eigenvalue weighted by Gasteiger charge is 2.18. The second-order valence-electron chi connectivity index (χ2n) is 6.33. The van der Waals surface area contributed by atoms with Crippen molar-refractivity contribution in [2.24, 2.45) is 17.8 Å². The smallest absolute Gasteiger partial charge is 0.193 e. The topological polar surface area (TPSA) is 68.2 Å². The summed E-state index contributed by atoms with van der Waals surface area (Å²) in [6.45, 7) is 4.76. The average molecular weight is 311 g/mol. The third-order valence-corrected chi connectivity index (χ3v) is 4.63. The molecule has 0 radical (unpaired) electrons. The van der Waals surface area contributed by atoms with Gasteiger partial charge >= 0.3 is 0 Å². The van der Waals surface area contributed by atoms with Gasteiger partial charge in [-0.25, -0.2) is 4.99 Å². The van der Waals surface area contributed by atoms with Gasteiger partial charge < -0.3 is 11.1 Å². The van der Waals surface area contributed by atoms with Crippen molar-refractivity contribution in [1.82, 2.24) is 9.78 Å². The number of nitrogens with two attached hydrogens (primary N) is 1. The third-order valence-electron chi connectivity index (χ3n) is 4.63. The molecule has 0 bridgehead atoms. The van der Waals surface area contributed by atoms with Crippen LogP contribution < -0.4 is 11.1 Å². The number of guanidine groups is 1. The van der Waals surface area contributed by atoms with E-state index in [0.717, 1.165) is 18.5 Å². The Kier molecular flexibility index (Phi) is 4.37. The molecule has 0 fully saturated rings. The van der Waals surface area contributed by atoms with Crippen molar-refractivity contribution < 1.29 is 0 Å². The Bertz CT molecular complexity index is 742. The van der Waals surface area contributed by atoms with E-state index in [-0.39, 0.29) is 0 Å². The number of nitrogens with zero attached hydrogens (tertiary/aromatic N) is 3. The first kappa shape index (κ1) is 15.6. The fourth-order valence-corrected chi connectivity index (χ4v) is 3.11. The lowest BCUT2D eigenvalue weighted by Gasteiger charge is -2.11. The number of aliphatic imine (C=N–C) groups is 1. The van der Waals surface area contributed by atoms with E-state index >= 15 is 0 Å². The van der Waals surface area contributed by atoms with E-state index in [9.17, 15) is 0 Å². The Balaban J connectivity index is 1.72. The van der Waals surface area contributed by atoms with E-state index in [2.05, 4.69) is 41.4 Å². The Morgan fingerprint density at radius 2 is 2.04 bits per heavy atom. The molecule has 3 rings (SSSR count). The van der Waals surface area contributed by atoms with Crippen molar-refractivity contribution in [3.63, 3.8) is 0 Å². The summed E-state index contributed by atoms with van der Waals surface area (Å²) in [5.41, 5.74) is 13.3. The summed E-state index contributed by atoms with van der Waals surface area (Å²) in [6.07, 6.45) is 4.68. The second-order valence-corrected chi connectivity index (χ2v) is 6.33. The van der Waals surface area contributed by atoms with Gasteiger partial charge in [0.25, 0.3) is 0 Å². The maximum Gasteiger partial charge on any atom is 0.193 e. The van der Waals surface area contributed by atoms with Crippen molar-refractivity contribution in [2.75, 3.05) is 5.32 Å². The van der Waals surface area contributed by atoms with Crippen LogP contribution in [0.1, 0.15) is 40.9 Å². The summed E-state index contributed by atoms with van der Waals surface area (Å²) in [4.78, 5) is 4.51. The molecule has 122 valence electrons. The molecular formula is C18H25N5. The van der Waals surface area contributed by atoms with Gasteiger partial charge in [-0.05, 0) is 68.4 Å². The lowest BCUT2D eigenvalue weighted by molar-refractivity contribution is 0.663. The fourth-order valence-electron chi connectivity index (χ4n) is 3.11. The minimum absolute atomic E-state index is 0.444. The summed E-state index contributed by atoms with van der Waals surface area (Å²) < 4.78 is 1.96. The molecule has 1 aliphatic rings. The van der Waals surface area contributed by atoms with Crippen LogP contribution in [0.3, 0.4) is 0 Å². The van der Waals surface area contributed by atoms with Crippen molar-refractivity contribution in [3.05, 3.63) is 46.3 Å². The van der Waals surface area contributed by atoms with Gasteiger partial charge in [0.2, 0.25) is 0 Å². The first-order valence-electron chi connectivity index (χ1n) is 8.22. The van der Waals surface area contributed by atoms with Crippen LogP contribution in [0.2, 0.25) is 0 Å². The number of fused-ring (bicyclic) bond motifs is 1. The molecule has 0 saturated carbocycles. The number of hydrogen-bond donors (Lipinski definition) is 2. The van der Waals surface area contributed by atoms with Gasteiger partial charge in [-0.1, -0.05) is 6.07 Å². The van der Waals surface area contributed by atoms with Crippen LogP contribution in [0.5, 0.6) is 0 Å². The zero-order chi connectivity index (χ0) is 16.4. The molecular weight excluding hydrogens is 286 g/mol. The highest BCUT2D eigenvalue weighted by molar-refractivity contribution is 5.92. The van der Waals surface area contributed by atoms with E-state index in [0.29, 0.717) is 12.5 Å². The molecule has 1 aromatic heterocycles. The summed E-state index contributed by atoms with van der Waals surface area (Å²) >= 11 is 0. The van der Waals surface area contributed by atoms with E-state index < -0.39 is 0 Å². The van der Waals surface area contributed by atoms with Gasteiger partial charge in [-0.3, -0.25) is 4.68 Å². The minimum atomic E-state index is 0.444. The van der Waals surface area contributed by atoms with Gasteiger partial charge in [-0.2, -0.15) is 5.10 Å². The second kappa shape index (κ2) is 6.44. The van der Waals surface area contributed by atoms with Crippen molar-refractivity contribution >= 4 is 11.6 Å². The highest BCUT2D eigenvalue weighted by Crippen LogP contribution is 2.24. The molecule has 1 heterocycles. The SMILES string of the molecule is Cc1ccc(NC(N)=NCc2c3c(nn2C)CCCC3)cc1C. The van der Waals surface area contributed by atoms with Gasteiger partial charge in [0.1, 0.15) is 0 Å². The highest BCUT2D eigenvalue weighted by atomic mass is 15.3. The van der Waals surface area contributed by atoms with E-state index in [4.69, 9.17) is 5.73 Å². The summed E-state index contributed by atoms with van der Waals surface area (Å²) in [6, 6.07) is 6.20. The van der Waals surface area contributed by atoms with E-state index in [1.165, 1.54) is 40.9 Å². The van der Waals surface area contributed by atoms with E-state index in [1.54, 1.807) is 0 Å². The maximum atomic E-state index is 6.05. The van der Waals surface area contributed by atoms with Crippen LogP contribution in [0.25, 0.3) is 0 Å². The summed E-state index contributed by atoms with van der Waals surface area (Å²) in [7, 11) is 2.00. The molecule has 0 spiro atoms. The minimum Gasteiger partial charge on any atom is -0.370 e. The summed E-state index contributed by atoms with van der Waals surface area (Å²) in [5.74, 6) is 0.444. The van der Waals surface area contributed by atoms with Crippen LogP contribution in [-0.2, 0) is 26.4 Å². The number of nitrogens with one attached hydrogen (secondary N) is 1. The predicted octanol–water partition coefficient (Wildman–Crippen LogP) is 2.84. The molecule has 0 saturated heterocycles. The van der Waals surface area contributed by atoms with Gasteiger partial charge in [0.05, 0.1) is 17.9 Å².